The Morgan fingerprint density at radius 1 is 1.32 bits per heavy atom. The highest BCUT2D eigenvalue weighted by atomic mass is 32.2. The van der Waals surface area contributed by atoms with E-state index in [-0.39, 0.29) is 11.5 Å². The van der Waals surface area contributed by atoms with Crippen LogP contribution < -0.4 is 4.72 Å². The first-order valence-electron chi connectivity index (χ1n) is 5.33. The van der Waals surface area contributed by atoms with E-state index < -0.39 is 10.0 Å². The Bertz CT molecular complexity index is 695. The molecule has 0 aliphatic rings. The number of aliphatic hydroxyl groups excluding tert-OH is 1. The quantitative estimate of drug-likeness (QED) is 0.714. The zero-order valence-electron chi connectivity index (χ0n) is 9.79. The van der Waals surface area contributed by atoms with Crippen molar-refractivity contribution in [2.45, 2.75) is 4.90 Å². The van der Waals surface area contributed by atoms with Crippen molar-refractivity contribution in [2.75, 3.05) is 11.3 Å². The third-order valence-corrected chi connectivity index (χ3v) is 3.58. The molecular formula is C12H11N3O3S. The topological polar surface area (TPSA) is 95.1 Å². The lowest BCUT2D eigenvalue weighted by Crippen LogP contribution is -2.12. The number of aliphatic hydroxyl groups is 1. The molecule has 2 aromatic rings. The molecule has 2 rings (SSSR count). The Hall–Kier alpha value is -2.30. The van der Waals surface area contributed by atoms with Crippen molar-refractivity contribution in [3.8, 4) is 11.8 Å². The van der Waals surface area contributed by atoms with Crippen molar-refractivity contribution in [3.63, 3.8) is 0 Å². The molecule has 0 saturated carbocycles. The van der Waals surface area contributed by atoms with Gasteiger partial charge < -0.3 is 5.11 Å². The lowest BCUT2D eigenvalue weighted by molar-refractivity contribution is 0.350. The standard InChI is InChI=1S/C12H11N3O3S/c16-7-1-2-10-3-5-11(6-4-10)15-19(17,18)12-8-13-14-9-12/h3-6,8-9,15-16H,7H2,(H,13,14). The normalized spacial score (nSPS) is 10.6. The first-order valence-corrected chi connectivity index (χ1v) is 6.81. The maximum atomic E-state index is 11.9. The van der Waals surface area contributed by atoms with Gasteiger partial charge in [-0.15, -0.1) is 0 Å². The molecular weight excluding hydrogens is 266 g/mol. The second kappa shape index (κ2) is 5.56. The summed E-state index contributed by atoms with van der Waals surface area (Å²) in [6, 6.07) is 6.52. The number of anilines is 1. The van der Waals surface area contributed by atoms with Crippen LogP contribution >= 0.6 is 0 Å². The van der Waals surface area contributed by atoms with Gasteiger partial charge in [0.25, 0.3) is 10.0 Å². The number of benzene rings is 1. The Balaban J connectivity index is 2.16. The van der Waals surface area contributed by atoms with Gasteiger partial charge in [-0.25, -0.2) is 8.42 Å². The third-order valence-electron chi connectivity index (χ3n) is 2.23. The van der Waals surface area contributed by atoms with E-state index in [0.29, 0.717) is 11.3 Å². The molecule has 7 heteroatoms. The summed E-state index contributed by atoms with van der Waals surface area (Å²) in [5.41, 5.74) is 1.12. The van der Waals surface area contributed by atoms with Gasteiger partial charge in [-0.2, -0.15) is 5.10 Å². The Morgan fingerprint density at radius 2 is 2.05 bits per heavy atom. The van der Waals surface area contributed by atoms with Crippen LogP contribution in [0.15, 0.2) is 41.6 Å². The van der Waals surface area contributed by atoms with Gasteiger partial charge in [-0.05, 0) is 24.3 Å². The maximum Gasteiger partial charge on any atom is 0.265 e. The Kier molecular flexibility index (Phi) is 3.85. The van der Waals surface area contributed by atoms with E-state index in [9.17, 15) is 8.42 Å². The van der Waals surface area contributed by atoms with Crippen molar-refractivity contribution in [1.82, 2.24) is 10.2 Å². The summed E-state index contributed by atoms with van der Waals surface area (Å²) in [5.74, 6) is 5.23. The first kappa shape index (κ1) is 13.1. The smallest absolute Gasteiger partial charge is 0.265 e. The van der Waals surface area contributed by atoms with Gasteiger partial charge in [0.1, 0.15) is 11.5 Å². The molecule has 3 N–H and O–H groups in total. The van der Waals surface area contributed by atoms with Gasteiger partial charge in [0.15, 0.2) is 0 Å². The number of nitrogens with one attached hydrogen (secondary N) is 2. The van der Waals surface area contributed by atoms with Crippen LogP contribution in [0.4, 0.5) is 5.69 Å². The monoisotopic (exact) mass is 277 g/mol. The lowest BCUT2D eigenvalue weighted by Gasteiger charge is -2.05. The van der Waals surface area contributed by atoms with Crippen molar-refractivity contribution in [2.24, 2.45) is 0 Å². The second-order valence-electron chi connectivity index (χ2n) is 3.58. The molecule has 0 atom stereocenters. The number of nitrogens with zero attached hydrogens (tertiary/aromatic N) is 1. The molecule has 0 saturated heterocycles. The van der Waals surface area contributed by atoms with E-state index in [1.54, 1.807) is 24.3 Å². The molecule has 1 aromatic heterocycles. The van der Waals surface area contributed by atoms with Crippen LogP contribution in [0, 0.1) is 11.8 Å². The molecule has 0 amide bonds. The van der Waals surface area contributed by atoms with Gasteiger partial charge >= 0.3 is 0 Å². The fourth-order valence-corrected chi connectivity index (χ4v) is 2.33. The molecule has 0 fully saturated rings. The third kappa shape index (κ3) is 3.34. The van der Waals surface area contributed by atoms with Gasteiger partial charge in [0, 0.05) is 17.4 Å². The number of hydrogen-bond acceptors (Lipinski definition) is 4. The van der Waals surface area contributed by atoms with E-state index in [0.717, 1.165) is 0 Å². The van der Waals surface area contributed by atoms with Crippen LogP contribution in [-0.4, -0.2) is 30.3 Å². The van der Waals surface area contributed by atoms with E-state index in [2.05, 4.69) is 26.8 Å². The first-order chi connectivity index (χ1) is 9.12. The average molecular weight is 277 g/mol. The molecule has 0 radical (unpaired) electrons. The van der Waals surface area contributed by atoms with Gasteiger partial charge in [-0.1, -0.05) is 11.8 Å². The molecule has 0 spiro atoms. The van der Waals surface area contributed by atoms with Gasteiger partial charge in [-0.3, -0.25) is 9.82 Å². The fraction of sp³-hybridized carbons (Fsp3) is 0.0833. The van der Waals surface area contributed by atoms with E-state index >= 15 is 0 Å². The molecule has 0 aliphatic heterocycles. The van der Waals surface area contributed by atoms with Crippen molar-refractivity contribution >= 4 is 15.7 Å². The van der Waals surface area contributed by atoms with E-state index in [1.165, 1.54) is 12.4 Å². The maximum absolute atomic E-state index is 11.9. The van der Waals surface area contributed by atoms with Crippen LogP contribution in [0.25, 0.3) is 0 Å². The number of aromatic amines is 1. The molecule has 1 heterocycles. The minimum Gasteiger partial charge on any atom is -0.384 e. The molecule has 1 aromatic carbocycles. The molecule has 0 bridgehead atoms. The van der Waals surface area contributed by atoms with Crippen molar-refractivity contribution in [3.05, 3.63) is 42.2 Å². The highest BCUT2D eigenvalue weighted by Gasteiger charge is 2.14. The molecule has 19 heavy (non-hydrogen) atoms. The molecule has 6 nitrogen and oxygen atoms in total. The summed E-state index contributed by atoms with van der Waals surface area (Å²) in [7, 11) is -3.62. The summed E-state index contributed by atoms with van der Waals surface area (Å²) in [5, 5.41) is 14.6. The summed E-state index contributed by atoms with van der Waals surface area (Å²) in [6.45, 7) is -0.213. The van der Waals surface area contributed by atoms with Crippen LogP contribution in [0.2, 0.25) is 0 Å². The van der Waals surface area contributed by atoms with Crippen LogP contribution in [0.3, 0.4) is 0 Å². The number of rotatable bonds is 3. The van der Waals surface area contributed by atoms with Crippen molar-refractivity contribution < 1.29 is 13.5 Å². The second-order valence-corrected chi connectivity index (χ2v) is 5.26. The zero-order valence-corrected chi connectivity index (χ0v) is 10.6. The van der Waals surface area contributed by atoms with Crippen LogP contribution in [0.5, 0.6) is 0 Å². The van der Waals surface area contributed by atoms with Gasteiger partial charge in [0.2, 0.25) is 0 Å². The number of hydrogen-bond donors (Lipinski definition) is 3. The number of sulfonamides is 1. The lowest BCUT2D eigenvalue weighted by atomic mass is 10.2. The highest BCUT2D eigenvalue weighted by molar-refractivity contribution is 7.92. The summed E-state index contributed by atoms with van der Waals surface area (Å²) < 4.78 is 26.2. The Labute approximate surface area is 110 Å². The molecule has 98 valence electrons. The minimum absolute atomic E-state index is 0.0663. The number of H-pyrrole nitrogens is 1. The average Bonchev–Trinajstić information content (AvgIpc) is 2.92. The summed E-state index contributed by atoms with van der Waals surface area (Å²) in [4.78, 5) is 0.0663. The molecule has 0 unspecified atom stereocenters. The zero-order chi connectivity index (χ0) is 13.7. The largest absolute Gasteiger partial charge is 0.384 e. The fourth-order valence-electron chi connectivity index (χ4n) is 1.36. The highest BCUT2D eigenvalue weighted by Crippen LogP contribution is 2.15. The summed E-state index contributed by atoms with van der Waals surface area (Å²) >= 11 is 0. The predicted octanol–water partition coefficient (Wildman–Crippen LogP) is 0.554. The Morgan fingerprint density at radius 3 is 2.63 bits per heavy atom. The van der Waals surface area contributed by atoms with E-state index in [1.807, 2.05) is 0 Å². The van der Waals surface area contributed by atoms with Crippen LogP contribution in [-0.2, 0) is 10.0 Å². The predicted molar refractivity (Wildman–Crippen MR) is 69.8 cm³/mol. The number of aromatic nitrogens is 2. The van der Waals surface area contributed by atoms with Crippen LogP contribution in [0.1, 0.15) is 5.56 Å². The van der Waals surface area contributed by atoms with Crippen molar-refractivity contribution in [1.29, 1.82) is 0 Å². The minimum atomic E-state index is -3.62. The van der Waals surface area contributed by atoms with Gasteiger partial charge in [0.05, 0.1) is 6.20 Å². The van der Waals surface area contributed by atoms with E-state index in [4.69, 9.17) is 5.11 Å². The SMILES string of the molecule is O=S(=O)(Nc1ccc(C#CCO)cc1)c1cn[nH]c1. The summed E-state index contributed by atoms with van der Waals surface area (Å²) in [6.07, 6.45) is 2.52. The molecule has 0 aliphatic carbocycles.